The SMILES string of the molecule is O=c1cc(-c2cc3cc(F)ccc3o2)nc(C(F)(F)F)[nH]1. The molecule has 0 radical (unpaired) electrons. The van der Waals surface area contributed by atoms with E-state index < -0.39 is 23.4 Å². The number of fused-ring (bicyclic) bond motifs is 1. The number of furan rings is 1. The Morgan fingerprint density at radius 1 is 1.14 bits per heavy atom. The molecule has 108 valence electrons. The van der Waals surface area contributed by atoms with E-state index in [1.165, 1.54) is 18.2 Å². The number of hydrogen-bond donors (Lipinski definition) is 1. The molecule has 0 bridgehead atoms. The third kappa shape index (κ3) is 2.51. The zero-order valence-electron chi connectivity index (χ0n) is 10.2. The second-order valence-electron chi connectivity index (χ2n) is 4.27. The van der Waals surface area contributed by atoms with Crippen molar-refractivity contribution in [3.63, 3.8) is 0 Å². The van der Waals surface area contributed by atoms with Gasteiger partial charge in [0.05, 0.1) is 0 Å². The maximum absolute atomic E-state index is 13.1. The van der Waals surface area contributed by atoms with Gasteiger partial charge in [0.2, 0.25) is 5.82 Å². The average Bonchev–Trinajstić information content (AvgIpc) is 2.80. The first-order valence-corrected chi connectivity index (χ1v) is 5.71. The van der Waals surface area contributed by atoms with Gasteiger partial charge in [-0.05, 0) is 24.3 Å². The summed E-state index contributed by atoms with van der Waals surface area (Å²) in [6.07, 6.45) is -4.78. The van der Waals surface area contributed by atoms with E-state index in [0.29, 0.717) is 5.39 Å². The van der Waals surface area contributed by atoms with Crippen molar-refractivity contribution in [1.82, 2.24) is 9.97 Å². The molecule has 1 aromatic carbocycles. The Labute approximate surface area is 114 Å². The number of nitrogens with zero attached hydrogens (tertiary/aromatic N) is 1. The van der Waals surface area contributed by atoms with E-state index in [2.05, 4.69) is 4.98 Å². The molecule has 0 atom stereocenters. The number of alkyl halides is 3. The summed E-state index contributed by atoms with van der Waals surface area (Å²) in [4.78, 5) is 16.2. The van der Waals surface area contributed by atoms with Crippen molar-refractivity contribution in [2.24, 2.45) is 0 Å². The van der Waals surface area contributed by atoms with Crippen LogP contribution < -0.4 is 5.56 Å². The third-order valence-corrected chi connectivity index (χ3v) is 2.74. The molecule has 8 heteroatoms. The zero-order valence-corrected chi connectivity index (χ0v) is 10.2. The van der Waals surface area contributed by atoms with Crippen molar-refractivity contribution >= 4 is 11.0 Å². The van der Waals surface area contributed by atoms with Gasteiger partial charge < -0.3 is 9.40 Å². The first-order chi connectivity index (χ1) is 9.83. The Balaban J connectivity index is 2.18. The number of halogens is 4. The number of aromatic amines is 1. The van der Waals surface area contributed by atoms with Gasteiger partial charge in [0, 0.05) is 11.5 Å². The van der Waals surface area contributed by atoms with Gasteiger partial charge in [-0.3, -0.25) is 4.79 Å². The Morgan fingerprint density at radius 2 is 1.90 bits per heavy atom. The standard InChI is InChI=1S/C13H6F4N2O2/c14-7-1-2-9-6(3-7)4-10(21-9)8-5-11(20)19-12(18-8)13(15,16)17/h1-5H,(H,18,19,20). The number of nitrogens with one attached hydrogen (secondary N) is 1. The summed E-state index contributed by atoms with van der Waals surface area (Å²) in [6.45, 7) is 0. The molecule has 0 amide bonds. The molecular weight excluding hydrogens is 292 g/mol. The first kappa shape index (κ1) is 13.3. The normalized spacial score (nSPS) is 12.0. The van der Waals surface area contributed by atoms with Crippen LogP contribution in [0.5, 0.6) is 0 Å². The number of H-pyrrole nitrogens is 1. The Hall–Kier alpha value is -2.64. The summed E-state index contributed by atoms with van der Waals surface area (Å²) < 4.78 is 56.2. The lowest BCUT2D eigenvalue weighted by Gasteiger charge is -2.05. The smallest absolute Gasteiger partial charge is 0.449 e. The maximum Gasteiger partial charge on any atom is 0.449 e. The van der Waals surface area contributed by atoms with Crippen LogP contribution in [0.25, 0.3) is 22.4 Å². The summed E-state index contributed by atoms with van der Waals surface area (Å²) in [5.74, 6) is -1.98. The molecule has 0 unspecified atom stereocenters. The Bertz CT molecular complexity index is 880. The molecule has 4 nitrogen and oxygen atoms in total. The number of aromatic nitrogens is 2. The molecule has 0 aliphatic heterocycles. The van der Waals surface area contributed by atoms with Crippen molar-refractivity contribution in [2.45, 2.75) is 6.18 Å². The van der Waals surface area contributed by atoms with Gasteiger partial charge in [-0.2, -0.15) is 13.2 Å². The second kappa shape index (κ2) is 4.44. The van der Waals surface area contributed by atoms with Crippen LogP contribution in [0.1, 0.15) is 5.82 Å². The highest BCUT2D eigenvalue weighted by Gasteiger charge is 2.34. The average molecular weight is 298 g/mol. The molecule has 3 aromatic rings. The molecule has 0 aliphatic carbocycles. The molecule has 0 aliphatic rings. The lowest BCUT2D eigenvalue weighted by atomic mass is 10.2. The summed E-state index contributed by atoms with van der Waals surface area (Å²) in [5.41, 5.74) is -0.955. The number of benzene rings is 1. The molecule has 2 heterocycles. The topological polar surface area (TPSA) is 58.9 Å². The second-order valence-corrected chi connectivity index (χ2v) is 4.27. The Morgan fingerprint density at radius 3 is 2.62 bits per heavy atom. The molecule has 0 saturated carbocycles. The Kier molecular flexibility index (Phi) is 2.82. The van der Waals surface area contributed by atoms with Gasteiger partial charge in [-0.1, -0.05) is 0 Å². The van der Waals surface area contributed by atoms with Crippen LogP contribution in [-0.4, -0.2) is 9.97 Å². The fourth-order valence-corrected chi connectivity index (χ4v) is 1.86. The quantitative estimate of drug-likeness (QED) is 0.701. The van der Waals surface area contributed by atoms with Gasteiger partial charge in [0.1, 0.15) is 17.1 Å². The van der Waals surface area contributed by atoms with Crippen LogP contribution in [0.3, 0.4) is 0 Å². The van der Waals surface area contributed by atoms with Crippen molar-refractivity contribution in [1.29, 1.82) is 0 Å². The van der Waals surface area contributed by atoms with Gasteiger partial charge >= 0.3 is 6.18 Å². The van der Waals surface area contributed by atoms with Crippen molar-refractivity contribution in [3.05, 3.63) is 52.3 Å². The van der Waals surface area contributed by atoms with Crippen LogP contribution in [0.15, 0.2) is 39.5 Å². The van der Waals surface area contributed by atoms with Gasteiger partial charge in [-0.15, -0.1) is 0 Å². The molecule has 0 saturated heterocycles. The van der Waals surface area contributed by atoms with Crippen molar-refractivity contribution < 1.29 is 22.0 Å². The molecule has 3 rings (SSSR count). The highest BCUT2D eigenvalue weighted by atomic mass is 19.4. The van der Waals surface area contributed by atoms with Crippen LogP contribution >= 0.6 is 0 Å². The van der Waals surface area contributed by atoms with E-state index >= 15 is 0 Å². The molecule has 0 spiro atoms. The lowest BCUT2D eigenvalue weighted by molar-refractivity contribution is -0.145. The zero-order chi connectivity index (χ0) is 15.2. The molecule has 21 heavy (non-hydrogen) atoms. The molecule has 1 N–H and O–H groups in total. The fraction of sp³-hybridized carbons (Fsp3) is 0.0769. The van der Waals surface area contributed by atoms with Crippen LogP contribution in [0, 0.1) is 5.82 Å². The van der Waals surface area contributed by atoms with Gasteiger partial charge in [-0.25, -0.2) is 9.37 Å². The minimum atomic E-state index is -4.78. The van der Waals surface area contributed by atoms with Crippen LogP contribution in [0.4, 0.5) is 17.6 Å². The monoisotopic (exact) mass is 298 g/mol. The molecule has 0 fully saturated rings. The highest BCUT2D eigenvalue weighted by Crippen LogP contribution is 2.29. The van der Waals surface area contributed by atoms with Gasteiger partial charge in [0.15, 0.2) is 5.76 Å². The summed E-state index contributed by atoms with van der Waals surface area (Å²) in [6, 6.07) is 5.86. The van der Waals surface area contributed by atoms with Gasteiger partial charge in [0.25, 0.3) is 5.56 Å². The molecule has 2 aromatic heterocycles. The predicted molar refractivity (Wildman–Crippen MR) is 65.0 cm³/mol. The fourth-order valence-electron chi connectivity index (χ4n) is 1.86. The highest BCUT2D eigenvalue weighted by molar-refractivity contribution is 5.82. The minimum absolute atomic E-state index is 0.0489. The number of hydrogen-bond acceptors (Lipinski definition) is 3. The first-order valence-electron chi connectivity index (χ1n) is 5.71. The van der Waals surface area contributed by atoms with Crippen LogP contribution in [0.2, 0.25) is 0 Å². The van der Waals surface area contributed by atoms with E-state index in [4.69, 9.17) is 4.42 Å². The van der Waals surface area contributed by atoms with Crippen molar-refractivity contribution in [3.8, 4) is 11.5 Å². The third-order valence-electron chi connectivity index (χ3n) is 2.74. The number of rotatable bonds is 1. The summed E-state index contributed by atoms with van der Waals surface area (Å²) >= 11 is 0. The summed E-state index contributed by atoms with van der Waals surface area (Å²) in [7, 11) is 0. The van der Waals surface area contributed by atoms with Crippen LogP contribution in [-0.2, 0) is 6.18 Å². The van der Waals surface area contributed by atoms with E-state index in [0.717, 1.165) is 12.1 Å². The van der Waals surface area contributed by atoms with E-state index in [-0.39, 0.29) is 17.0 Å². The maximum atomic E-state index is 13.1. The largest absolute Gasteiger partial charge is 0.454 e. The summed E-state index contributed by atoms with van der Waals surface area (Å²) in [5, 5.41) is 0.362. The van der Waals surface area contributed by atoms with E-state index in [1.807, 2.05) is 0 Å². The van der Waals surface area contributed by atoms with E-state index in [1.54, 1.807) is 4.98 Å². The minimum Gasteiger partial charge on any atom is -0.454 e. The lowest BCUT2D eigenvalue weighted by Crippen LogP contribution is -2.18. The molecular formula is C13H6F4N2O2. The predicted octanol–water partition coefficient (Wildman–Crippen LogP) is 3.34. The van der Waals surface area contributed by atoms with Crippen molar-refractivity contribution in [2.75, 3.05) is 0 Å². The van der Waals surface area contributed by atoms with E-state index in [9.17, 15) is 22.4 Å².